The van der Waals surface area contributed by atoms with Crippen LogP contribution in [0.25, 0.3) is 0 Å². The van der Waals surface area contributed by atoms with Gasteiger partial charge in [0, 0.05) is 35.6 Å². The fourth-order valence-corrected chi connectivity index (χ4v) is 4.65. The second-order valence-corrected chi connectivity index (χ2v) is 9.37. The molecule has 1 heterocycles. The van der Waals surface area contributed by atoms with Crippen molar-refractivity contribution in [1.82, 2.24) is 0 Å². The highest BCUT2D eigenvalue weighted by Crippen LogP contribution is 2.23. The molecule has 1 fully saturated rings. The Balaban J connectivity index is 1.63. The molecule has 31 heavy (non-hydrogen) atoms. The molecule has 0 radical (unpaired) electrons. The number of hydrogen-bond donors (Lipinski definition) is 1. The van der Waals surface area contributed by atoms with E-state index in [0.29, 0.717) is 35.8 Å². The van der Waals surface area contributed by atoms with Crippen molar-refractivity contribution in [3.05, 3.63) is 53.6 Å². The smallest absolute Gasteiger partial charge is 0.239 e. The van der Waals surface area contributed by atoms with E-state index in [1.165, 1.54) is 20.1 Å². The fraction of sp³-hybridized carbons (Fsp3) is 0.364. The van der Waals surface area contributed by atoms with E-state index in [9.17, 15) is 18.0 Å². The molecule has 0 aliphatic carbocycles. The Morgan fingerprint density at radius 2 is 1.77 bits per heavy atom. The molecule has 0 saturated carbocycles. The normalized spacial score (nSPS) is 14.2. The molecule has 1 aliphatic heterocycles. The van der Waals surface area contributed by atoms with Crippen molar-refractivity contribution in [1.29, 1.82) is 0 Å². The van der Waals surface area contributed by atoms with E-state index in [1.807, 2.05) is 12.1 Å². The average Bonchev–Trinajstić information content (AvgIpc) is 2.74. The first kappa shape index (κ1) is 22.8. The number of amides is 1. The zero-order valence-electron chi connectivity index (χ0n) is 17.6. The van der Waals surface area contributed by atoms with E-state index in [0.717, 1.165) is 18.8 Å². The van der Waals surface area contributed by atoms with Gasteiger partial charge < -0.3 is 19.7 Å². The summed E-state index contributed by atoms with van der Waals surface area (Å²) in [5.41, 5.74) is 2.27. The van der Waals surface area contributed by atoms with E-state index in [4.69, 9.17) is 9.47 Å². The number of methoxy groups -OCH3 is 1. The van der Waals surface area contributed by atoms with Crippen LogP contribution >= 0.6 is 0 Å². The van der Waals surface area contributed by atoms with Crippen molar-refractivity contribution in [2.24, 2.45) is 0 Å². The van der Waals surface area contributed by atoms with Crippen LogP contribution in [-0.4, -0.2) is 59.3 Å². The van der Waals surface area contributed by atoms with Gasteiger partial charge in [-0.25, -0.2) is 8.42 Å². The molecule has 2 aromatic rings. The van der Waals surface area contributed by atoms with Crippen molar-refractivity contribution in [3.63, 3.8) is 0 Å². The van der Waals surface area contributed by atoms with Gasteiger partial charge in [-0.15, -0.1) is 0 Å². The zero-order valence-corrected chi connectivity index (χ0v) is 18.4. The highest BCUT2D eigenvalue weighted by atomic mass is 32.2. The maximum Gasteiger partial charge on any atom is 0.239 e. The van der Waals surface area contributed by atoms with Crippen LogP contribution in [0, 0.1) is 0 Å². The van der Waals surface area contributed by atoms with Crippen LogP contribution in [0.4, 0.5) is 11.4 Å². The second-order valence-electron chi connectivity index (χ2n) is 7.31. The molecule has 0 spiro atoms. The van der Waals surface area contributed by atoms with Crippen LogP contribution in [0.5, 0.6) is 5.75 Å². The highest BCUT2D eigenvalue weighted by molar-refractivity contribution is 7.91. The molecule has 0 bridgehead atoms. The van der Waals surface area contributed by atoms with Crippen LogP contribution in [0.15, 0.2) is 42.5 Å². The maximum absolute atomic E-state index is 12.6. The summed E-state index contributed by atoms with van der Waals surface area (Å²) in [7, 11) is -2.36. The van der Waals surface area contributed by atoms with Gasteiger partial charge >= 0.3 is 0 Å². The van der Waals surface area contributed by atoms with Crippen molar-refractivity contribution in [2.45, 2.75) is 12.7 Å². The monoisotopic (exact) mass is 446 g/mol. The molecule has 2 aromatic carbocycles. The Hall–Kier alpha value is -2.91. The molecule has 9 heteroatoms. The molecule has 1 aliphatic rings. The first-order chi connectivity index (χ1) is 14.8. The first-order valence-corrected chi connectivity index (χ1v) is 11.7. The topological polar surface area (TPSA) is 102 Å². The number of carbonyl (C=O) groups is 2. The summed E-state index contributed by atoms with van der Waals surface area (Å²) in [6.07, 6.45) is 0. The molecule has 1 saturated heterocycles. The predicted octanol–water partition coefficient (Wildman–Crippen LogP) is 2.29. The van der Waals surface area contributed by atoms with Crippen LogP contribution in [0.3, 0.4) is 0 Å². The molecule has 1 amide bonds. The first-order valence-electron chi connectivity index (χ1n) is 9.88. The predicted molar refractivity (Wildman–Crippen MR) is 119 cm³/mol. The number of Topliss-reactive ketones (excluding diaryl/α,β-unsaturated/α-hetero) is 1. The minimum atomic E-state index is -3.78. The molecule has 0 unspecified atom stereocenters. The van der Waals surface area contributed by atoms with Crippen LogP contribution in [0.2, 0.25) is 0 Å². The number of rotatable bonds is 8. The molecule has 0 atom stereocenters. The Morgan fingerprint density at radius 3 is 2.39 bits per heavy atom. The number of morpholine rings is 1. The second kappa shape index (κ2) is 9.93. The molecular weight excluding hydrogens is 420 g/mol. The van der Waals surface area contributed by atoms with Gasteiger partial charge in [0.05, 0.1) is 26.1 Å². The molecule has 8 nitrogen and oxygen atoms in total. The zero-order chi connectivity index (χ0) is 22.4. The van der Waals surface area contributed by atoms with Crippen molar-refractivity contribution < 1.29 is 27.5 Å². The van der Waals surface area contributed by atoms with Gasteiger partial charge in [-0.3, -0.25) is 9.59 Å². The largest absolute Gasteiger partial charge is 0.496 e. The number of anilines is 2. The van der Waals surface area contributed by atoms with E-state index in [1.54, 1.807) is 24.3 Å². The van der Waals surface area contributed by atoms with E-state index < -0.39 is 27.3 Å². The number of carbonyl (C=O) groups excluding carboxylic acids is 2. The Kier molecular flexibility index (Phi) is 7.29. The number of nitrogens with zero attached hydrogens (tertiary/aromatic N) is 1. The summed E-state index contributed by atoms with van der Waals surface area (Å²) < 4.78 is 35.7. The minimum absolute atomic E-state index is 0.181. The van der Waals surface area contributed by atoms with Crippen LogP contribution < -0.4 is 15.0 Å². The number of ether oxygens (including phenoxy) is 2. The van der Waals surface area contributed by atoms with Crippen molar-refractivity contribution in [2.75, 3.05) is 49.4 Å². The molecule has 0 aromatic heterocycles. The standard InChI is InChI=1S/C22H26N2O6S/c1-16(25)17-3-8-21(29-2)18(13-17)14-31(27,28)15-22(26)23-19-4-6-20(7-5-19)24-9-11-30-12-10-24/h3-8,13H,9-12,14-15H2,1-2H3,(H,23,26). The van der Waals surface area contributed by atoms with Gasteiger partial charge in [0.25, 0.3) is 0 Å². The number of hydrogen-bond acceptors (Lipinski definition) is 7. The van der Waals surface area contributed by atoms with Crippen LogP contribution in [-0.2, 0) is 25.1 Å². The van der Waals surface area contributed by atoms with Gasteiger partial charge in [-0.1, -0.05) is 0 Å². The molecule has 166 valence electrons. The average molecular weight is 447 g/mol. The number of sulfone groups is 1. The number of ketones is 1. The summed E-state index contributed by atoms with van der Waals surface area (Å²) in [5.74, 6) is -1.53. The maximum atomic E-state index is 12.6. The lowest BCUT2D eigenvalue weighted by Gasteiger charge is -2.28. The highest BCUT2D eigenvalue weighted by Gasteiger charge is 2.21. The van der Waals surface area contributed by atoms with Crippen LogP contribution in [0.1, 0.15) is 22.8 Å². The Morgan fingerprint density at radius 1 is 1.10 bits per heavy atom. The summed E-state index contributed by atoms with van der Waals surface area (Å²) in [4.78, 5) is 26.1. The third-order valence-corrected chi connectivity index (χ3v) is 6.39. The number of nitrogens with one attached hydrogen (secondary N) is 1. The SMILES string of the molecule is COc1ccc(C(C)=O)cc1CS(=O)(=O)CC(=O)Nc1ccc(N2CCOCC2)cc1. The third-order valence-electron chi connectivity index (χ3n) is 4.94. The van der Waals surface area contributed by atoms with Crippen molar-refractivity contribution in [3.8, 4) is 5.75 Å². The lowest BCUT2D eigenvalue weighted by atomic mass is 10.1. The molecule has 3 rings (SSSR count). The number of benzene rings is 2. The summed E-state index contributed by atoms with van der Waals surface area (Å²) in [6, 6.07) is 11.9. The fourth-order valence-electron chi connectivity index (χ4n) is 3.37. The summed E-state index contributed by atoms with van der Waals surface area (Å²) in [6.45, 7) is 4.36. The van der Waals surface area contributed by atoms with Gasteiger partial charge in [0.2, 0.25) is 5.91 Å². The third kappa shape index (κ3) is 6.28. The van der Waals surface area contributed by atoms with E-state index >= 15 is 0 Å². The van der Waals surface area contributed by atoms with Gasteiger partial charge in [0.1, 0.15) is 11.5 Å². The lowest BCUT2D eigenvalue weighted by molar-refractivity contribution is -0.113. The Labute approximate surface area is 182 Å². The summed E-state index contributed by atoms with van der Waals surface area (Å²) in [5, 5.41) is 2.63. The van der Waals surface area contributed by atoms with E-state index in [2.05, 4.69) is 10.2 Å². The van der Waals surface area contributed by atoms with Gasteiger partial charge in [-0.2, -0.15) is 0 Å². The lowest BCUT2D eigenvalue weighted by Crippen LogP contribution is -2.36. The summed E-state index contributed by atoms with van der Waals surface area (Å²) >= 11 is 0. The minimum Gasteiger partial charge on any atom is -0.496 e. The van der Waals surface area contributed by atoms with Gasteiger partial charge in [0.15, 0.2) is 15.6 Å². The quantitative estimate of drug-likeness (QED) is 0.621. The van der Waals surface area contributed by atoms with Crippen molar-refractivity contribution >= 4 is 32.9 Å². The molecular formula is C22H26N2O6S. The van der Waals surface area contributed by atoms with E-state index in [-0.39, 0.29) is 5.78 Å². The molecule has 1 N–H and O–H groups in total. The van der Waals surface area contributed by atoms with Gasteiger partial charge in [-0.05, 0) is 49.4 Å². The Bertz CT molecular complexity index is 1040.